The lowest BCUT2D eigenvalue weighted by Crippen LogP contribution is -2.25. The molecule has 0 aliphatic carbocycles. The average molecular weight is 313 g/mol. The van der Waals surface area contributed by atoms with Crippen molar-refractivity contribution in [2.24, 2.45) is 5.41 Å². The van der Waals surface area contributed by atoms with Crippen LogP contribution >= 0.6 is 0 Å². The first-order valence-electron chi connectivity index (χ1n) is 7.93. The summed E-state index contributed by atoms with van der Waals surface area (Å²) in [4.78, 5) is 14.6. The lowest BCUT2D eigenvalue weighted by Gasteiger charge is -2.17. The van der Waals surface area contributed by atoms with E-state index in [2.05, 4.69) is 28.7 Å². The van der Waals surface area contributed by atoms with E-state index in [1.807, 2.05) is 52.5 Å². The fraction of sp³-hybridized carbons (Fsp3) is 0.474. The van der Waals surface area contributed by atoms with E-state index < -0.39 is 0 Å². The highest BCUT2D eigenvalue weighted by Crippen LogP contribution is 2.28. The van der Waals surface area contributed by atoms with Crippen LogP contribution in [0.25, 0.3) is 16.5 Å². The fourth-order valence-electron chi connectivity index (χ4n) is 2.58. The van der Waals surface area contributed by atoms with Crippen LogP contribution < -0.4 is 0 Å². The van der Waals surface area contributed by atoms with Crippen LogP contribution in [0, 0.1) is 5.41 Å². The zero-order valence-corrected chi connectivity index (χ0v) is 15.1. The number of Topliss-reactive ketones (excluding diaryl/α,β-unsaturated/α-hetero) is 1. The average Bonchev–Trinajstić information content (AvgIpc) is 2.77. The van der Waals surface area contributed by atoms with Gasteiger partial charge in [-0.1, -0.05) is 45.5 Å². The summed E-state index contributed by atoms with van der Waals surface area (Å²) in [5.74, 6) is 0.176. The van der Waals surface area contributed by atoms with Gasteiger partial charge in [0.25, 0.3) is 0 Å². The maximum atomic E-state index is 12.5. The van der Waals surface area contributed by atoms with E-state index in [4.69, 9.17) is 0 Å². The molecule has 0 aliphatic rings. The standard InChI is InChI=1S/C19H27N3O/c1-13(2)17-15-10-8-9-14(11-21(6)7)18(15)22(20-17)12-16(23)19(3,4)5/h8-10H,1,11-12H2,2-7H3. The van der Waals surface area contributed by atoms with Gasteiger partial charge >= 0.3 is 0 Å². The smallest absolute Gasteiger partial charge is 0.159 e. The molecule has 0 atom stereocenters. The molecule has 1 aromatic carbocycles. The topological polar surface area (TPSA) is 38.1 Å². The Kier molecular flexibility index (Phi) is 4.76. The zero-order chi connectivity index (χ0) is 17.4. The van der Waals surface area contributed by atoms with E-state index in [1.54, 1.807) is 0 Å². The third kappa shape index (κ3) is 3.70. The summed E-state index contributed by atoms with van der Waals surface area (Å²) in [6.07, 6.45) is 0. The predicted octanol–water partition coefficient (Wildman–Crippen LogP) is 3.75. The van der Waals surface area contributed by atoms with Gasteiger partial charge in [0.2, 0.25) is 0 Å². The van der Waals surface area contributed by atoms with Crippen molar-refractivity contribution in [3.05, 3.63) is 36.0 Å². The van der Waals surface area contributed by atoms with Gasteiger partial charge in [-0.3, -0.25) is 9.48 Å². The van der Waals surface area contributed by atoms with E-state index >= 15 is 0 Å². The molecule has 0 aliphatic heterocycles. The van der Waals surface area contributed by atoms with Crippen molar-refractivity contribution in [1.29, 1.82) is 0 Å². The van der Waals surface area contributed by atoms with Gasteiger partial charge in [0.1, 0.15) is 6.54 Å². The van der Waals surface area contributed by atoms with Gasteiger partial charge in [-0.25, -0.2) is 0 Å². The molecule has 0 amide bonds. The normalized spacial score (nSPS) is 12.1. The molecule has 0 saturated heterocycles. The molecule has 1 heterocycles. The van der Waals surface area contributed by atoms with Gasteiger partial charge in [0, 0.05) is 17.3 Å². The molecule has 2 rings (SSSR count). The molecule has 0 bridgehead atoms. The SMILES string of the molecule is C=C(C)c1nn(CC(=O)C(C)(C)C)c2c(CN(C)C)cccc12. The van der Waals surface area contributed by atoms with Crippen molar-refractivity contribution in [2.45, 2.75) is 40.8 Å². The van der Waals surface area contributed by atoms with Crippen LogP contribution in [0.5, 0.6) is 0 Å². The highest BCUT2D eigenvalue weighted by molar-refractivity contribution is 5.93. The summed E-state index contributed by atoms with van der Waals surface area (Å²) in [6, 6.07) is 6.21. The summed E-state index contributed by atoms with van der Waals surface area (Å²) in [5, 5.41) is 5.76. The number of fused-ring (bicyclic) bond motifs is 1. The highest BCUT2D eigenvalue weighted by atomic mass is 16.1. The minimum Gasteiger partial charge on any atom is -0.305 e. The van der Waals surface area contributed by atoms with Gasteiger partial charge in [0.15, 0.2) is 5.78 Å². The Hall–Kier alpha value is -1.94. The first-order valence-corrected chi connectivity index (χ1v) is 7.93. The van der Waals surface area contributed by atoms with Crippen LogP contribution in [-0.2, 0) is 17.9 Å². The largest absolute Gasteiger partial charge is 0.305 e. The Bertz CT molecular complexity index is 748. The van der Waals surface area contributed by atoms with Crippen molar-refractivity contribution in [3.8, 4) is 0 Å². The Morgan fingerprint density at radius 2 is 1.96 bits per heavy atom. The molecular formula is C19H27N3O. The molecule has 0 saturated carbocycles. The number of para-hydroxylation sites is 1. The molecule has 2 aromatic rings. The number of ketones is 1. The highest BCUT2D eigenvalue weighted by Gasteiger charge is 2.24. The van der Waals surface area contributed by atoms with E-state index in [-0.39, 0.29) is 17.7 Å². The molecule has 0 spiro atoms. The van der Waals surface area contributed by atoms with Gasteiger partial charge in [-0.05, 0) is 32.2 Å². The molecule has 0 N–H and O–H groups in total. The van der Waals surface area contributed by atoms with Gasteiger partial charge in [0.05, 0.1) is 11.2 Å². The molecule has 0 unspecified atom stereocenters. The fourth-order valence-corrected chi connectivity index (χ4v) is 2.58. The minimum atomic E-state index is -0.377. The van der Waals surface area contributed by atoms with Crippen molar-refractivity contribution < 1.29 is 4.79 Å². The summed E-state index contributed by atoms with van der Waals surface area (Å²) in [6.45, 7) is 12.9. The zero-order valence-electron chi connectivity index (χ0n) is 15.1. The Balaban J connectivity index is 2.63. The van der Waals surface area contributed by atoms with E-state index in [0.29, 0.717) is 0 Å². The summed E-state index contributed by atoms with van der Waals surface area (Å²) in [7, 11) is 4.08. The second-order valence-electron chi connectivity index (χ2n) is 7.51. The second-order valence-corrected chi connectivity index (χ2v) is 7.51. The molecule has 0 fully saturated rings. The van der Waals surface area contributed by atoms with E-state index in [1.165, 1.54) is 5.56 Å². The maximum absolute atomic E-state index is 12.5. The first kappa shape index (κ1) is 17.4. The van der Waals surface area contributed by atoms with Gasteiger partial charge in [-0.15, -0.1) is 0 Å². The van der Waals surface area contributed by atoms with Gasteiger partial charge in [-0.2, -0.15) is 5.10 Å². The molecule has 23 heavy (non-hydrogen) atoms. The van der Waals surface area contributed by atoms with Crippen LogP contribution in [0.2, 0.25) is 0 Å². The maximum Gasteiger partial charge on any atom is 0.159 e. The molecule has 0 radical (unpaired) electrons. The number of hydrogen-bond acceptors (Lipinski definition) is 3. The van der Waals surface area contributed by atoms with Crippen LogP contribution in [0.4, 0.5) is 0 Å². The first-order chi connectivity index (χ1) is 10.6. The second kappa shape index (κ2) is 6.28. The quantitative estimate of drug-likeness (QED) is 0.844. The summed E-state index contributed by atoms with van der Waals surface area (Å²) in [5.41, 5.74) is 3.63. The third-order valence-electron chi connectivity index (χ3n) is 3.87. The number of benzene rings is 1. The van der Waals surface area contributed by atoms with Crippen LogP contribution in [0.1, 0.15) is 39.0 Å². The summed E-state index contributed by atoms with van der Waals surface area (Å²) < 4.78 is 1.85. The number of rotatable bonds is 5. The number of hydrogen-bond donors (Lipinski definition) is 0. The molecule has 124 valence electrons. The monoisotopic (exact) mass is 313 g/mol. The molecular weight excluding hydrogens is 286 g/mol. The number of carbonyl (C=O) groups is 1. The lowest BCUT2D eigenvalue weighted by molar-refractivity contribution is -0.127. The molecule has 4 heteroatoms. The van der Waals surface area contributed by atoms with Crippen molar-refractivity contribution >= 4 is 22.3 Å². The predicted molar refractivity (Wildman–Crippen MR) is 96.3 cm³/mol. The Labute approximate surface area is 138 Å². The van der Waals surface area contributed by atoms with E-state index in [0.717, 1.165) is 28.7 Å². The van der Waals surface area contributed by atoms with E-state index in [9.17, 15) is 4.79 Å². The molecule has 4 nitrogen and oxygen atoms in total. The van der Waals surface area contributed by atoms with Crippen LogP contribution in [0.3, 0.4) is 0 Å². The third-order valence-corrected chi connectivity index (χ3v) is 3.87. The molecule has 1 aromatic heterocycles. The number of aromatic nitrogens is 2. The Morgan fingerprint density at radius 1 is 1.30 bits per heavy atom. The Morgan fingerprint density at radius 3 is 2.48 bits per heavy atom. The van der Waals surface area contributed by atoms with Crippen LogP contribution in [-0.4, -0.2) is 34.6 Å². The number of allylic oxidation sites excluding steroid dienone is 1. The van der Waals surface area contributed by atoms with Crippen LogP contribution in [0.15, 0.2) is 24.8 Å². The number of nitrogens with zero attached hydrogens (tertiary/aromatic N) is 3. The summed E-state index contributed by atoms with van der Waals surface area (Å²) >= 11 is 0. The van der Waals surface area contributed by atoms with Crippen molar-refractivity contribution in [3.63, 3.8) is 0 Å². The van der Waals surface area contributed by atoms with Crippen molar-refractivity contribution in [1.82, 2.24) is 14.7 Å². The van der Waals surface area contributed by atoms with Crippen molar-refractivity contribution in [2.75, 3.05) is 14.1 Å². The minimum absolute atomic E-state index is 0.176. The number of carbonyl (C=O) groups excluding carboxylic acids is 1. The van der Waals surface area contributed by atoms with Gasteiger partial charge < -0.3 is 4.90 Å². The lowest BCUT2D eigenvalue weighted by atomic mass is 9.91.